The van der Waals surface area contributed by atoms with Gasteiger partial charge in [0.05, 0.1) is 7.11 Å². The van der Waals surface area contributed by atoms with E-state index in [4.69, 9.17) is 4.74 Å². The summed E-state index contributed by atoms with van der Waals surface area (Å²) in [4.78, 5) is 30.4. The Morgan fingerprint density at radius 3 is 2.27 bits per heavy atom. The lowest BCUT2D eigenvalue weighted by Crippen LogP contribution is -2.49. The number of methoxy groups -OCH3 is 1. The highest BCUT2D eigenvalue weighted by atomic mass is 16.5. The highest BCUT2D eigenvalue weighted by Gasteiger charge is 2.21. The predicted molar refractivity (Wildman–Crippen MR) is 102 cm³/mol. The highest BCUT2D eigenvalue weighted by molar-refractivity contribution is 5.78. The van der Waals surface area contributed by atoms with E-state index in [1.807, 2.05) is 29.2 Å². The summed E-state index contributed by atoms with van der Waals surface area (Å²) >= 11 is 0. The maximum absolute atomic E-state index is 12.4. The molecule has 144 valence electrons. The van der Waals surface area contributed by atoms with E-state index >= 15 is 0 Å². The van der Waals surface area contributed by atoms with Crippen molar-refractivity contribution in [2.75, 3.05) is 52.9 Å². The van der Waals surface area contributed by atoms with E-state index in [9.17, 15) is 9.59 Å². The average Bonchev–Trinajstić information content (AvgIpc) is 2.68. The van der Waals surface area contributed by atoms with E-state index in [2.05, 4.69) is 11.8 Å². The van der Waals surface area contributed by atoms with Gasteiger partial charge in [0, 0.05) is 52.6 Å². The van der Waals surface area contributed by atoms with E-state index < -0.39 is 0 Å². The first kappa shape index (κ1) is 20.2. The Hall–Kier alpha value is -2.08. The molecule has 1 aromatic carbocycles. The zero-order valence-corrected chi connectivity index (χ0v) is 16.2. The molecule has 1 saturated heterocycles. The number of hydrogen-bond acceptors (Lipinski definition) is 4. The molecule has 0 aliphatic carbocycles. The fraction of sp³-hybridized carbons (Fsp3) is 0.600. The van der Waals surface area contributed by atoms with Gasteiger partial charge in [-0.2, -0.15) is 0 Å². The van der Waals surface area contributed by atoms with Gasteiger partial charge in [-0.1, -0.05) is 19.1 Å². The fourth-order valence-corrected chi connectivity index (χ4v) is 3.19. The Morgan fingerprint density at radius 2 is 1.73 bits per heavy atom. The van der Waals surface area contributed by atoms with Crippen LogP contribution in [0, 0.1) is 0 Å². The molecule has 2 rings (SSSR count). The molecule has 0 saturated carbocycles. The molecule has 1 aliphatic heterocycles. The summed E-state index contributed by atoms with van der Waals surface area (Å²) in [6.45, 7) is 9.31. The molecular weight excluding hydrogens is 330 g/mol. The van der Waals surface area contributed by atoms with Gasteiger partial charge < -0.3 is 19.4 Å². The van der Waals surface area contributed by atoms with E-state index in [-0.39, 0.29) is 11.8 Å². The quantitative estimate of drug-likeness (QED) is 0.706. The van der Waals surface area contributed by atoms with Crippen LogP contribution >= 0.6 is 0 Å². The number of ether oxygens (including phenoxy) is 1. The van der Waals surface area contributed by atoms with Crippen LogP contribution in [-0.2, 0) is 16.0 Å². The van der Waals surface area contributed by atoms with Crippen LogP contribution in [0.4, 0.5) is 0 Å². The lowest BCUT2D eigenvalue weighted by Gasteiger charge is -2.34. The average molecular weight is 361 g/mol. The summed E-state index contributed by atoms with van der Waals surface area (Å²) in [6.07, 6.45) is 1.17. The molecule has 1 aromatic rings. The standard InChI is InChI=1S/C20H31N3O3/c1-4-21-13-15-23(16-14-21)20(25)10-12-22(17(2)24)11-9-18-5-7-19(26-3)8-6-18/h5-8H,4,9-16H2,1-3H3. The van der Waals surface area contributed by atoms with Gasteiger partial charge in [-0.05, 0) is 30.7 Å². The maximum Gasteiger partial charge on any atom is 0.224 e. The maximum atomic E-state index is 12.4. The first-order chi connectivity index (χ1) is 12.5. The predicted octanol–water partition coefficient (Wildman–Crippen LogP) is 1.64. The van der Waals surface area contributed by atoms with Crippen LogP contribution in [-0.4, -0.2) is 79.4 Å². The van der Waals surface area contributed by atoms with Crippen LogP contribution in [0.3, 0.4) is 0 Å². The van der Waals surface area contributed by atoms with Crippen molar-refractivity contribution in [2.24, 2.45) is 0 Å². The van der Waals surface area contributed by atoms with Crippen LogP contribution in [0.2, 0.25) is 0 Å². The first-order valence-electron chi connectivity index (χ1n) is 9.42. The molecule has 6 heteroatoms. The van der Waals surface area contributed by atoms with Crippen molar-refractivity contribution < 1.29 is 14.3 Å². The van der Waals surface area contributed by atoms with Crippen molar-refractivity contribution in [1.82, 2.24) is 14.7 Å². The van der Waals surface area contributed by atoms with Crippen LogP contribution < -0.4 is 4.74 Å². The zero-order chi connectivity index (χ0) is 18.9. The Bertz CT molecular complexity index is 580. The zero-order valence-electron chi connectivity index (χ0n) is 16.2. The van der Waals surface area contributed by atoms with E-state index in [1.165, 1.54) is 0 Å². The van der Waals surface area contributed by atoms with Gasteiger partial charge in [0.2, 0.25) is 11.8 Å². The molecule has 6 nitrogen and oxygen atoms in total. The molecule has 0 N–H and O–H groups in total. The van der Waals surface area contributed by atoms with Gasteiger partial charge in [-0.25, -0.2) is 0 Å². The Balaban J connectivity index is 1.78. The fourth-order valence-electron chi connectivity index (χ4n) is 3.19. The molecular formula is C20H31N3O3. The van der Waals surface area contributed by atoms with Crippen molar-refractivity contribution in [3.05, 3.63) is 29.8 Å². The summed E-state index contributed by atoms with van der Waals surface area (Å²) in [5.41, 5.74) is 1.15. The Morgan fingerprint density at radius 1 is 1.08 bits per heavy atom. The summed E-state index contributed by atoms with van der Waals surface area (Å²) in [7, 11) is 1.64. The number of nitrogens with zero attached hydrogens (tertiary/aromatic N) is 3. The third kappa shape index (κ3) is 6.02. The first-order valence-corrected chi connectivity index (χ1v) is 9.42. The third-order valence-electron chi connectivity index (χ3n) is 5.04. The largest absolute Gasteiger partial charge is 0.497 e. The van der Waals surface area contributed by atoms with Crippen molar-refractivity contribution >= 4 is 11.8 Å². The van der Waals surface area contributed by atoms with E-state index in [0.29, 0.717) is 19.5 Å². The molecule has 1 heterocycles. The van der Waals surface area contributed by atoms with Crippen LogP contribution in [0.5, 0.6) is 5.75 Å². The lowest BCUT2D eigenvalue weighted by molar-refractivity contribution is -0.134. The number of rotatable bonds is 8. The number of hydrogen-bond donors (Lipinski definition) is 0. The second-order valence-electron chi connectivity index (χ2n) is 6.67. The molecule has 1 fully saturated rings. The van der Waals surface area contributed by atoms with Gasteiger partial charge in [-0.3, -0.25) is 9.59 Å². The number of carbonyl (C=O) groups excluding carboxylic acids is 2. The number of likely N-dealkylation sites (N-methyl/N-ethyl adjacent to an activating group) is 1. The van der Waals surface area contributed by atoms with Gasteiger partial charge >= 0.3 is 0 Å². The van der Waals surface area contributed by atoms with Crippen LogP contribution in [0.25, 0.3) is 0 Å². The molecule has 0 radical (unpaired) electrons. The number of amides is 2. The second kappa shape index (κ2) is 10.2. The van der Waals surface area contributed by atoms with Crippen molar-refractivity contribution in [2.45, 2.75) is 26.7 Å². The number of carbonyl (C=O) groups is 2. The third-order valence-corrected chi connectivity index (χ3v) is 5.04. The normalized spacial score (nSPS) is 15.0. The molecule has 0 aromatic heterocycles. The van der Waals surface area contributed by atoms with E-state index in [0.717, 1.165) is 50.5 Å². The van der Waals surface area contributed by atoms with E-state index in [1.54, 1.807) is 18.9 Å². The van der Waals surface area contributed by atoms with Gasteiger partial charge in [0.15, 0.2) is 0 Å². The van der Waals surface area contributed by atoms with Crippen molar-refractivity contribution in [3.63, 3.8) is 0 Å². The highest BCUT2D eigenvalue weighted by Crippen LogP contribution is 2.12. The van der Waals surface area contributed by atoms with Crippen molar-refractivity contribution in [1.29, 1.82) is 0 Å². The van der Waals surface area contributed by atoms with Gasteiger partial charge in [0.25, 0.3) is 0 Å². The minimum Gasteiger partial charge on any atom is -0.497 e. The number of piperazine rings is 1. The monoisotopic (exact) mass is 361 g/mol. The molecule has 1 aliphatic rings. The molecule has 0 spiro atoms. The topological polar surface area (TPSA) is 53.1 Å². The molecule has 0 atom stereocenters. The Labute approximate surface area is 156 Å². The summed E-state index contributed by atoms with van der Waals surface area (Å²) in [5, 5.41) is 0. The lowest BCUT2D eigenvalue weighted by atomic mass is 10.1. The minimum atomic E-state index is 0.0158. The Kier molecular flexibility index (Phi) is 7.91. The van der Waals surface area contributed by atoms with Gasteiger partial charge in [0.1, 0.15) is 5.75 Å². The van der Waals surface area contributed by atoms with Crippen LogP contribution in [0.15, 0.2) is 24.3 Å². The summed E-state index contributed by atoms with van der Waals surface area (Å²) in [6, 6.07) is 7.87. The second-order valence-corrected chi connectivity index (χ2v) is 6.67. The molecule has 26 heavy (non-hydrogen) atoms. The van der Waals surface area contributed by atoms with Crippen molar-refractivity contribution in [3.8, 4) is 5.75 Å². The SMILES string of the molecule is CCN1CCN(C(=O)CCN(CCc2ccc(OC)cc2)C(C)=O)CC1. The summed E-state index contributed by atoms with van der Waals surface area (Å²) in [5.74, 6) is 0.990. The molecule has 0 bridgehead atoms. The number of benzene rings is 1. The summed E-state index contributed by atoms with van der Waals surface area (Å²) < 4.78 is 5.16. The van der Waals surface area contributed by atoms with Crippen LogP contribution in [0.1, 0.15) is 25.8 Å². The molecule has 2 amide bonds. The van der Waals surface area contributed by atoms with Gasteiger partial charge in [-0.15, -0.1) is 0 Å². The minimum absolute atomic E-state index is 0.0158. The molecule has 0 unspecified atom stereocenters. The smallest absolute Gasteiger partial charge is 0.224 e.